The van der Waals surface area contributed by atoms with Gasteiger partial charge in [0.15, 0.2) is 0 Å². The third-order valence-electron chi connectivity index (χ3n) is 6.71. The highest BCUT2D eigenvalue weighted by molar-refractivity contribution is 5.92. The van der Waals surface area contributed by atoms with Crippen LogP contribution in [-0.4, -0.2) is 48.1 Å². The Bertz CT molecular complexity index is 828. The monoisotopic (exact) mass is 401 g/mol. The number of carbonyl (C=O) groups is 2. The molecular weight excluding hydrogens is 370 g/mol. The van der Waals surface area contributed by atoms with Crippen LogP contribution in [0.1, 0.15) is 56.6 Å². The van der Waals surface area contributed by atoms with Crippen LogP contribution in [0.3, 0.4) is 0 Å². The molecule has 7 nitrogen and oxygen atoms in total. The van der Waals surface area contributed by atoms with E-state index in [0.29, 0.717) is 38.3 Å². The zero-order valence-electron chi connectivity index (χ0n) is 17.2. The molecule has 7 heteroatoms. The molecule has 1 aromatic heterocycles. The van der Waals surface area contributed by atoms with Gasteiger partial charge in [-0.15, -0.1) is 0 Å². The molecule has 1 saturated carbocycles. The number of ether oxygens (including phenoxy) is 1. The summed E-state index contributed by atoms with van der Waals surface area (Å²) < 4.78 is 6.86. The Morgan fingerprint density at radius 1 is 1.14 bits per heavy atom. The minimum Gasteiger partial charge on any atom is -0.384 e. The molecule has 1 saturated heterocycles. The van der Waals surface area contributed by atoms with Gasteiger partial charge >= 0.3 is 0 Å². The van der Waals surface area contributed by atoms with Crippen LogP contribution in [0.15, 0.2) is 16.9 Å². The molecule has 0 aromatic carbocycles. The van der Waals surface area contributed by atoms with Crippen molar-refractivity contribution < 1.29 is 14.3 Å². The molecule has 29 heavy (non-hydrogen) atoms. The van der Waals surface area contributed by atoms with Crippen LogP contribution in [0.4, 0.5) is 5.69 Å². The van der Waals surface area contributed by atoms with Crippen molar-refractivity contribution in [3.05, 3.63) is 28.2 Å². The van der Waals surface area contributed by atoms with E-state index in [1.165, 1.54) is 6.42 Å². The van der Waals surface area contributed by atoms with Crippen LogP contribution in [0.25, 0.3) is 0 Å². The highest BCUT2D eigenvalue weighted by Crippen LogP contribution is 2.35. The lowest BCUT2D eigenvalue weighted by Crippen LogP contribution is -2.49. The first-order valence-corrected chi connectivity index (χ1v) is 10.9. The lowest BCUT2D eigenvalue weighted by molar-refractivity contribution is -0.134. The van der Waals surface area contributed by atoms with Crippen molar-refractivity contribution in [3.8, 4) is 0 Å². The molecule has 158 valence electrons. The van der Waals surface area contributed by atoms with Crippen molar-refractivity contribution in [2.75, 3.05) is 32.1 Å². The maximum atomic E-state index is 13.1. The Balaban J connectivity index is 1.49. The topological polar surface area (TPSA) is 80.6 Å². The Morgan fingerprint density at radius 2 is 1.93 bits per heavy atom. The van der Waals surface area contributed by atoms with Gasteiger partial charge in [0, 0.05) is 44.3 Å². The van der Waals surface area contributed by atoms with Gasteiger partial charge in [-0.3, -0.25) is 14.4 Å². The third kappa shape index (κ3) is 4.25. The molecule has 2 fully saturated rings. The summed E-state index contributed by atoms with van der Waals surface area (Å²) >= 11 is 0. The van der Waals surface area contributed by atoms with E-state index >= 15 is 0 Å². The van der Waals surface area contributed by atoms with E-state index in [4.69, 9.17) is 4.74 Å². The summed E-state index contributed by atoms with van der Waals surface area (Å²) in [5, 5.41) is 2.90. The van der Waals surface area contributed by atoms with E-state index < -0.39 is 0 Å². The summed E-state index contributed by atoms with van der Waals surface area (Å²) in [6, 6.07) is 3.71. The fourth-order valence-corrected chi connectivity index (χ4v) is 5.19. The molecule has 1 aliphatic carbocycles. The summed E-state index contributed by atoms with van der Waals surface area (Å²) in [4.78, 5) is 40.0. The second-order valence-electron chi connectivity index (χ2n) is 8.75. The Morgan fingerprint density at radius 3 is 2.69 bits per heavy atom. The lowest BCUT2D eigenvalue weighted by atomic mass is 9.83. The van der Waals surface area contributed by atoms with Gasteiger partial charge in [0.2, 0.25) is 11.8 Å². The number of pyridine rings is 1. The van der Waals surface area contributed by atoms with Gasteiger partial charge in [-0.25, -0.2) is 0 Å². The first-order valence-electron chi connectivity index (χ1n) is 10.9. The van der Waals surface area contributed by atoms with Gasteiger partial charge < -0.3 is 19.5 Å². The maximum absolute atomic E-state index is 13.1. The number of methoxy groups -OCH3 is 1. The standard InChI is InChI=1S/C22H31N3O4/c1-29-10-9-20(26)24-12-15-11-17(14-24)19-8-7-18(22(28)25(19)13-15)23-21(27)16-5-3-2-4-6-16/h7-8,15-17H,2-6,9-14H2,1H3,(H,23,27)/t15-,17+/m0/s1. The highest BCUT2D eigenvalue weighted by Gasteiger charge is 2.36. The zero-order valence-corrected chi connectivity index (χ0v) is 17.2. The van der Waals surface area contributed by atoms with Crippen molar-refractivity contribution in [1.29, 1.82) is 0 Å². The number of hydrogen-bond acceptors (Lipinski definition) is 4. The fourth-order valence-electron chi connectivity index (χ4n) is 5.19. The van der Waals surface area contributed by atoms with Gasteiger partial charge in [-0.1, -0.05) is 19.3 Å². The zero-order chi connectivity index (χ0) is 20.4. The molecule has 2 bridgehead atoms. The molecule has 1 N–H and O–H groups in total. The second kappa shape index (κ2) is 8.69. The van der Waals surface area contributed by atoms with Gasteiger partial charge in [0.1, 0.15) is 5.69 Å². The summed E-state index contributed by atoms with van der Waals surface area (Å²) in [5.41, 5.74) is 1.25. The van der Waals surface area contributed by atoms with Crippen LogP contribution in [0.2, 0.25) is 0 Å². The number of rotatable bonds is 5. The first-order chi connectivity index (χ1) is 14.1. The molecule has 4 rings (SSSR count). The number of hydrogen-bond donors (Lipinski definition) is 1. The molecule has 1 aromatic rings. The molecule has 2 amide bonds. The van der Waals surface area contributed by atoms with Crippen molar-refractivity contribution in [3.63, 3.8) is 0 Å². The van der Waals surface area contributed by atoms with E-state index in [-0.39, 0.29) is 35.1 Å². The number of amides is 2. The minimum absolute atomic E-state index is 0.0201. The average Bonchev–Trinajstić information content (AvgIpc) is 2.74. The van der Waals surface area contributed by atoms with E-state index in [1.54, 1.807) is 13.2 Å². The maximum Gasteiger partial charge on any atom is 0.274 e. The van der Waals surface area contributed by atoms with Crippen LogP contribution < -0.4 is 10.9 Å². The van der Waals surface area contributed by atoms with Gasteiger partial charge in [-0.2, -0.15) is 0 Å². The highest BCUT2D eigenvalue weighted by atomic mass is 16.5. The number of nitrogens with zero attached hydrogens (tertiary/aromatic N) is 2. The van der Waals surface area contributed by atoms with E-state index in [2.05, 4.69) is 5.32 Å². The van der Waals surface area contributed by atoms with E-state index in [9.17, 15) is 14.4 Å². The van der Waals surface area contributed by atoms with E-state index in [0.717, 1.165) is 37.8 Å². The average molecular weight is 402 g/mol. The number of likely N-dealkylation sites (tertiary alicyclic amines) is 1. The predicted octanol–water partition coefficient (Wildman–Crippen LogP) is 2.35. The minimum atomic E-state index is -0.111. The number of carbonyl (C=O) groups excluding carboxylic acids is 2. The van der Waals surface area contributed by atoms with Crippen molar-refractivity contribution in [2.24, 2.45) is 11.8 Å². The Hall–Kier alpha value is -2.15. The first kappa shape index (κ1) is 20.1. The molecule has 3 aliphatic rings. The molecule has 2 atom stereocenters. The quantitative estimate of drug-likeness (QED) is 0.821. The molecule has 3 heterocycles. The molecule has 2 aliphatic heterocycles. The lowest BCUT2D eigenvalue weighted by Gasteiger charge is -2.43. The van der Waals surface area contributed by atoms with Gasteiger partial charge in [0.05, 0.1) is 13.0 Å². The van der Waals surface area contributed by atoms with Crippen LogP contribution >= 0.6 is 0 Å². The van der Waals surface area contributed by atoms with E-state index in [1.807, 2.05) is 15.5 Å². The molecule has 0 radical (unpaired) electrons. The summed E-state index contributed by atoms with van der Waals surface area (Å²) in [5.74, 6) is 0.566. The molecule has 0 unspecified atom stereocenters. The number of fused-ring (bicyclic) bond motifs is 4. The number of piperidine rings is 1. The summed E-state index contributed by atoms with van der Waals surface area (Å²) in [6.07, 6.45) is 6.59. The van der Waals surface area contributed by atoms with Gasteiger partial charge in [0.25, 0.3) is 5.56 Å². The SMILES string of the molecule is COCCC(=O)N1C[C@@H]2C[C@H](C1)c1ccc(NC(=O)C3CCCCC3)c(=O)n1C2. The van der Waals surface area contributed by atoms with Crippen molar-refractivity contribution in [2.45, 2.75) is 57.4 Å². The molecular formula is C22H31N3O4. The third-order valence-corrected chi connectivity index (χ3v) is 6.71. The van der Waals surface area contributed by atoms with Crippen LogP contribution in [-0.2, 0) is 20.9 Å². The van der Waals surface area contributed by atoms with Gasteiger partial charge in [-0.05, 0) is 37.3 Å². The van der Waals surface area contributed by atoms with Crippen molar-refractivity contribution in [1.82, 2.24) is 9.47 Å². The van der Waals surface area contributed by atoms with Crippen molar-refractivity contribution >= 4 is 17.5 Å². The van der Waals surface area contributed by atoms with Crippen LogP contribution in [0.5, 0.6) is 0 Å². The normalized spacial score (nSPS) is 24.1. The van der Waals surface area contributed by atoms with Crippen LogP contribution in [0, 0.1) is 11.8 Å². The molecule has 0 spiro atoms. The fraction of sp³-hybridized carbons (Fsp3) is 0.682. The largest absolute Gasteiger partial charge is 0.384 e. The summed E-state index contributed by atoms with van der Waals surface area (Å²) in [6.45, 7) is 2.37. The number of nitrogens with one attached hydrogen (secondary N) is 1. The Kier molecular flexibility index (Phi) is 6.04. The Labute approximate surface area is 171 Å². The summed E-state index contributed by atoms with van der Waals surface area (Å²) in [7, 11) is 1.60. The smallest absolute Gasteiger partial charge is 0.274 e. The predicted molar refractivity (Wildman–Crippen MR) is 110 cm³/mol. The number of anilines is 1. The number of aromatic nitrogens is 1. The second-order valence-corrected chi connectivity index (χ2v) is 8.75.